The van der Waals surface area contributed by atoms with Crippen molar-refractivity contribution in [3.05, 3.63) is 17.6 Å². The van der Waals surface area contributed by atoms with Crippen LogP contribution in [0.25, 0.3) is 0 Å². The summed E-state index contributed by atoms with van der Waals surface area (Å²) in [7, 11) is 0. The Morgan fingerprint density at radius 2 is 2.09 bits per heavy atom. The zero-order valence-corrected chi connectivity index (χ0v) is 6.18. The van der Waals surface area contributed by atoms with Crippen molar-refractivity contribution < 1.29 is 4.96 Å². The number of hydrogen-bond donors (Lipinski definition) is 0. The second-order valence-corrected chi connectivity index (χ2v) is 2.65. The van der Waals surface area contributed by atoms with Crippen LogP contribution in [0, 0.1) is 5.21 Å². The molecule has 60 valence electrons. The first-order valence-corrected chi connectivity index (χ1v) is 3.76. The van der Waals surface area contributed by atoms with Crippen molar-refractivity contribution in [1.29, 1.82) is 0 Å². The summed E-state index contributed by atoms with van der Waals surface area (Å²) in [5.74, 6) is 0. The average molecular weight is 154 g/mol. The molecular weight excluding hydrogens is 144 g/mol. The fraction of sp³-hybridized carbons (Fsp3) is 0.667. The Morgan fingerprint density at radius 3 is 2.64 bits per heavy atom. The minimum atomic E-state index is 0.602. The lowest BCUT2D eigenvalue weighted by molar-refractivity contribution is -0.748. The maximum atomic E-state index is 10.9. The van der Waals surface area contributed by atoms with Gasteiger partial charge in [-0.2, -0.15) is 5.01 Å². The van der Waals surface area contributed by atoms with Gasteiger partial charge in [0.15, 0.2) is 0 Å². The molecule has 1 aromatic rings. The van der Waals surface area contributed by atoms with Crippen LogP contribution in [0.4, 0.5) is 0 Å². The van der Waals surface area contributed by atoms with E-state index in [0.717, 1.165) is 25.9 Å². The maximum absolute atomic E-state index is 10.9. The first-order chi connectivity index (χ1) is 5.38. The van der Waals surface area contributed by atoms with Gasteiger partial charge in [-0.1, -0.05) is 10.1 Å². The lowest BCUT2D eigenvalue weighted by atomic mass is 10.4. The molecule has 0 aliphatic carbocycles. The smallest absolute Gasteiger partial charge is 0.112 e. The number of hydrogen-bond acceptors (Lipinski definition) is 3. The van der Waals surface area contributed by atoms with Gasteiger partial charge in [0.1, 0.15) is 19.3 Å². The Morgan fingerprint density at radius 1 is 1.36 bits per heavy atom. The predicted octanol–water partition coefficient (Wildman–Crippen LogP) is -0.752. The molecule has 1 saturated heterocycles. The lowest BCUT2D eigenvalue weighted by Gasteiger charge is -2.12. The fourth-order valence-corrected chi connectivity index (χ4v) is 1.36. The minimum absolute atomic E-state index is 0.602. The van der Waals surface area contributed by atoms with Gasteiger partial charge in [0, 0.05) is 0 Å². The van der Waals surface area contributed by atoms with Gasteiger partial charge in [-0.25, -0.2) is 0 Å². The van der Waals surface area contributed by atoms with Crippen LogP contribution < -0.4 is 9.97 Å². The molecule has 0 radical (unpaired) electrons. The van der Waals surface area contributed by atoms with Crippen molar-refractivity contribution >= 4 is 0 Å². The highest BCUT2D eigenvalue weighted by molar-refractivity contribution is 4.86. The second kappa shape index (κ2) is 2.41. The second-order valence-electron chi connectivity index (χ2n) is 2.65. The van der Waals surface area contributed by atoms with Crippen molar-refractivity contribution in [3.63, 3.8) is 0 Å². The molecule has 0 amide bonds. The van der Waals surface area contributed by atoms with Crippen LogP contribution in [-0.2, 0) is 0 Å². The van der Waals surface area contributed by atoms with E-state index in [9.17, 15) is 5.21 Å². The number of rotatable bonds is 1. The van der Waals surface area contributed by atoms with Gasteiger partial charge < -0.3 is 5.21 Å². The molecule has 0 saturated carbocycles. The Bertz CT molecular complexity index is 240. The summed E-state index contributed by atoms with van der Waals surface area (Å²) in [6.45, 7) is 1.91. The molecule has 5 heteroatoms. The summed E-state index contributed by atoms with van der Waals surface area (Å²) < 4.78 is 0. The Kier molecular flexibility index (Phi) is 1.41. The normalized spacial score (nSPS) is 17.6. The summed E-state index contributed by atoms with van der Waals surface area (Å²) >= 11 is 0. The van der Waals surface area contributed by atoms with Crippen molar-refractivity contribution in [2.24, 2.45) is 0 Å². The molecule has 1 fully saturated rings. The molecule has 1 aromatic heterocycles. The summed E-state index contributed by atoms with van der Waals surface area (Å²) in [6.07, 6.45) is 5.51. The van der Waals surface area contributed by atoms with E-state index in [4.69, 9.17) is 0 Å². The van der Waals surface area contributed by atoms with E-state index in [1.54, 1.807) is 6.20 Å². The van der Waals surface area contributed by atoms with Crippen LogP contribution in [0.15, 0.2) is 12.4 Å². The Balaban J connectivity index is 2.21. The Labute approximate surface area is 64.4 Å². The molecule has 0 N–H and O–H groups in total. The molecule has 2 heterocycles. The quantitative estimate of drug-likeness (QED) is 0.395. The third kappa shape index (κ3) is 1.02. The summed E-state index contributed by atoms with van der Waals surface area (Å²) in [5, 5.41) is 16.5. The highest BCUT2D eigenvalue weighted by atomic mass is 16.5. The zero-order valence-electron chi connectivity index (χ0n) is 6.18. The predicted molar refractivity (Wildman–Crippen MR) is 38.4 cm³/mol. The van der Waals surface area contributed by atoms with Gasteiger partial charge in [-0.15, -0.1) is 0 Å². The average Bonchev–Trinajstić information content (AvgIpc) is 2.55. The number of aromatic nitrogens is 3. The van der Waals surface area contributed by atoms with Crippen LogP contribution in [0.1, 0.15) is 12.8 Å². The van der Waals surface area contributed by atoms with E-state index in [1.807, 2.05) is 5.01 Å². The van der Waals surface area contributed by atoms with E-state index in [0.29, 0.717) is 4.96 Å². The fourth-order valence-electron chi connectivity index (χ4n) is 1.36. The molecular formula is C6H10N4O. The zero-order chi connectivity index (χ0) is 7.68. The van der Waals surface area contributed by atoms with Crippen LogP contribution in [-0.4, -0.2) is 23.0 Å². The maximum Gasteiger partial charge on any atom is 0.112 e. The monoisotopic (exact) mass is 154 g/mol. The molecule has 5 nitrogen and oxygen atoms in total. The molecule has 0 spiro atoms. The molecule has 0 atom stereocenters. The lowest BCUT2D eigenvalue weighted by Crippen LogP contribution is -2.50. The van der Waals surface area contributed by atoms with Crippen molar-refractivity contribution in [3.8, 4) is 0 Å². The van der Waals surface area contributed by atoms with Crippen LogP contribution in [0.2, 0.25) is 0 Å². The topological polar surface area (TPSA) is 48.0 Å². The first-order valence-electron chi connectivity index (χ1n) is 3.76. The largest absolute Gasteiger partial charge is 0.672 e. The van der Waals surface area contributed by atoms with E-state index >= 15 is 0 Å². The van der Waals surface area contributed by atoms with Crippen molar-refractivity contribution in [1.82, 2.24) is 9.89 Å². The SMILES string of the molecule is [O-][n+]1nccn1N1CCCC1. The van der Waals surface area contributed by atoms with Crippen LogP contribution in [0.3, 0.4) is 0 Å². The van der Waals surface area contributed by atoms with Crippen LogP contribution >= 0.6 is 0 Å². The van der Waals surface area contributed by atoms with Crippen molar-refractivity contribution in [2.75, 3.05) is 18.1 Å². The molecule has 1 aliphatic rings. The summed E-state index contributed by atoms with van der Waals surface area (Å²) in [6, 6.07) is 0. The first kappa shape index (κ1) is 6.45. The highest BCUT2D eigenvalue weighted by Crippen LogP contribution is 2.03. The van der Waals surface area contributed by atoms with Gasteiger partial charge in [0.2, 0.25) is 0 Å². The molecule has 11 heavy (non-hydrogen) atoms. The Hall–Kier alpha value is -1.26. The van der Waals surface area contributed by atoms with Gasteiger partial charge in [0.25, 0.3) is 0 Å². The number of nitrogens with zero attached hydrogens (tertiary/aromatic N) is 4. The molecule has 0 aromatic carbocycles. The molecule has 0 unspecified atom stereocenters. The highest BCUT2D eigenvalue weighted by Gasteiger charge is 2.19. The third-order valence-electron chi connectivity index (χ3n) is 1.91. The molecule has 2 rings (SSSR count). The summed E-state index contributed by atoms with van der Waals surface area (Å²) in [4.78, 5) is 2.11. The molecule has 1 aliphatic heterocycles. The third-order valence-corrected chi connectivity index (χ3v) is 1.91. The van der Waals surface area contributed by atoms with E-state index in [1.165, 1.54) is 11.0 Å². The van der Waals surface area contributed by atoms with E-state index in [-0.39, 0.29) is 0 Å². The standard InChI is InChI=1S/C6H10N4O/c11-10-7-3-6-9(10)8-4-1-2-5-8/h3,6H,1-2,4-5H2. The van der Waals surface area contributed by atoms with Crippen LogP contribution in [0.5, 0.6) is 0 Å². The van der Waals surface area contributed by atoms with Gasteiger partial charge >= 0.3 is 0 Å². The minimum Gasteiger partial charge on any atom is -0.672 e. The van der Waals surface area contributed by atoms with Gasteiger partial charge in [-0.05, 0) is 17.6 Å². The summed E-state index contributed by atoms with van der Waals surface area (Å²) in [5.41, 5.74) is 0. The van der Waals surface area contributed by atoms with Gasteiger partial charge in [-0.3, -0.25) is 0 Å². The van der Waals surface area contributed by atoms with E-state index in [2.05, 4.69) is 5.10 Å². The van der Waals surface area contributed by atoms with Crippen molar-refractivity contribution in [2.45, 2.75) is 12.8 Å². The van der Waals surface area contributed by atoms with E-state index < -0.39 is 0 Å². The van der Waals surface area contributed by atoms with Gasteiger partial charge in [0.05, 0.1) is 6.20 Å². The molecule has 0 bridgehead atoms.